The molecule has 0 spiro atoms. The summed E-state index contributed by atoms with van der Waals surface area (Å²) < 4.78 is 5.58. The molecule has 2 rings (SSSR count). The Hall–Kier alpha value is -2.29. The lowest BCUT2D eigenvalue weighted by atomic mass is 10.00. The van der Waals surface area contributed by atoms with Crippen LogP contribution in [0.2, 0.25) is 0 Å². The number of para-hydroxylation sites is 1. The highest BCUT2D eigenvalue weighted by Crippen LogP contribution is 2.17. The number of carboxylic acid groups (broad SMARTS) is 1. The Kier molecular flexibility index (Phi) is 4.77. The molecular weight excluding hydrogens is 252 g/mol. The molecule has 0 aliphatic carbocycles. The van der Waals surface area contributed by atoms with E-state index in [1.54, 1.807) is 12.1 Å². The van der Waals surface area contributed by atoms with Gasteiger partial charge in [-0.15, -0.1) is 0 Å². The summed E-state index contributed by atoms with van der Waals surface area (Å²) in [5, 5.41) is 9.33. The first-order valence-electron chi connectivity index (χ1n) is 6.72. The van der Waals surface area contributed by atoms with Crippen LogP contribution in [0.15, 0.2) is 54.6 Å². The second-order valence-corrected chi connectivity index (χ2v) is 4.58. The van der Waals surface area contributed by atoms with Gasteiger partial charge in [0.1, 0.15) is 5.75 Å². The maximum absolute atomic E-state index is 11.4. The Labute approximate surface area is 118 Å². The lowest BCUT2D eigenvalue weighted by Gasteiger charge is -2.16. The molecule has 1 atom stereocenters. The third-order valence-electron chi connectivity index (χ3n) is 3.20. The summed E-state index contributed by atoms with van der Waals surface area (Å²) in [5.74, 6) is -0.367. The number of ether oxygens (including phenoxy) is 1. The average molecular weight is 270 g/mol. The highest BCUT2D eigenvalue weighted by molar-refractivity contribution is 5.73. The van der Waals surface area contributed by atoms with Crippen molar-refractivity contribution in [1.82, 2.24) is 0 Å². The summed E-state index contributed by atoms with van der Waals surface area (Å²) in [6.07, 6.45) is 0.382. The second kappa shape index (κ2) is 6.75. The van der Waals surface area contributed by atoms with E-state index in [0.29, 0.717) is 12.2 Å². The van der Waals surface area contributed by atoms with E-state index < -0.39 is 12.1 Å². The SMILES string of the molecule is CCc1ccccc1C[C@H](Oc1ccccc1)C(=O)O. The number of aryl methyl sites for hydroxylation is 1. The van der Waals surface area contributed by atoms with E-state index in [1.807, 2.05) is 42.5 Å². The van der Waals surface area contributed by atoms with E-state index in [9.17, 15) is 9.90 Å². The van der Waals surface area contributed by atoms with Gasteiger partial charge < -0.3 is 9.84 Å². The van der Waals surface area contributed by atoms with Gasteiger partial charge >= 0.3 is 5.97 Å². The molecule has 2 aromatic carbocycles. The van der Waals surface area contributed by atoms with Crippen LogP contribution < -0.4 is 4.74 Å². The van der Waals surface area contributed by atoms with Gasteiger partial charge in [-0.05, 0) is 29.7 Å². The molecule has 0 aromatic heterocycles. The van der Waals surface area contributed by atoms with Crippen molar-refractivity contribution in [1.29, 1.82) is 0 Å². The van der Waals surface area contributed by atoms with Crippen molar-refractivity contribution in [2.24, 2.45) is 0 Å². The molecule has 3 heteroatoms. The summed E-state index contributed by atoms with van der Waals surface area (Å²) in [5.41, 5.74) is 2.19. The summed E-state index contributed by atoms with van der Waals surface area (Å²) in [6, 6.07) is 16.9. The van der Waals surface area contributed by atoms with Gasteiger partial charge in [-0.25, -0.2) is 4.79 Å². The third kappa shape index (κ3) is 3.60. The maximum Gasteiger partial charge on any atom is 0.345 e. The summed E-state index contributed by atoms with van der Waals surface area (Å²) in [6.45, 7) is 2.06. The zero-order valence-electron chi connectivity index (χ0n) is 11.5. The van der Waals surface area contributed by atoms with Crippen LogP contribution in [0, 0.1) is 0 Å². The molecule has 0 amide bonds. The van der Waals surface area contributed by atoms with Gasteiger partial charge in [0.15, 0.2) is 6.10 Å². The van der Waals surface area contributed by atoms with Crippen molar-refractivity contribution in [2.45, 2.75) is 25.9 Å². The first-order chi connectivity index (χ1) is 9.70. The molecule has 2 aromatic rings. The molecule has 0 fully saturated rings. The zero-order chi connectivity index (χ0) is 14.4. The molecule has 0 heterocycles. The van der Waals surface area contributed by atoms with Crippen molar-refractivity contribution in [3.8, 4) is 5.75 Å². The quantitative estimate of drug-likeness (QED) is 0.875. The Bertz CT molecular complexity index is 563. The Morgan fingerprint density at radius 2 is 1.65 bits per heavy atom. The Balaban J connectivity index is 2.16. The number of carboxylic acids is 1. The van der Waals surface area contributed by atoms with Crippen LogP contribution in [0.1, 0.15) is 18.1 Å². The number of rotatable bonds is 6. The van der Waals surface area contributed by atoms with Crippen molar-refractivity contribution < 1.29 is 14.6 Å². The first kappa shape index (κ1) is 14.1. The van der Waals surface area contributed by atoms with Gasteiger partial charge in [0.2, 0.25) is 0 Å². The minimum Gasteiger partial charge on any atom is -0.478 e. The fourth-order valence-electron chi connectivity index (χ4n) is 2.14. The van der Waals surface area contributed by atoms with Gasteiger partial charge in [0.05, 0.1) is 0 Å². The van der Waals surface area contributed by atoms with Crippen LogP contribution in [-0.2, 0) is 17.6 Å². The average Bonchev–Trinajstić information content (AvgIpc) is 2.48. The molecular formula is C17H18O3. The summed E-state index contributed by atoms with van der Waals surface area (Å²) >= 11 is 0. The molecule has 0 radical (unpaired) electrons. The van der Waals surface area contributed by atoms with E-state index in [1.165, 1.54) is 0 Å². The number of benzene rings is 2. The molecule has 0 aliphatic heterocycles. The van der Waals surface area contributed by atoms with Gasteiger partial charge in [0.25, 0.3) is 0 Å². The van der Waals surface area contributed by atoms with E-state index >= 15 is 0 Å². The smallest absolute Gasteiger partial charge is 0.345 e. The molecule has 20 heavy (non-hydrogen) atoms. The van der Waals surface area contributed by atoms with Gasteiger partial charge in [-0.2, -0.15) is 0 Å². The summed E-state index contributed by atoms with van der Waals surface area (Å²) in [7, 11) is 0. The molecule has 0 aliphatic rings. The van der Waals surface area contributed by atoms with Gasteiger partial charge in [-0.1, -0.05) is 49.4 Å². The zero-order valence-corrected chi connectivity index (χ0v) is 11.5. The minimum atomic E-state index is -0.945. The maximum atomic E-state index is 11.4. The fraction of sp³-hybridized carbons (Fsp3) is 0.235. The normalized spacial score (nSPS) is 11.8. The van der Waals surface area contributed by atoms with Crippen LogP contribution >= 0.6 is 0 Å². The topological polar surface area (TPSA) is 46.5 Å². The van der Waals surface area contributed by atoms with E-state index in [0.717, 1.165) is 17.5 Å². The van der Waals surface area contributed by atoms with Gasteiger partial charge in [-0.3, -0.25) is 0 Å². The molecule has 3 nitrogen and oxygen atoms in total. The van der Waals surface area contributed by atoms with Crippen LogP contribution in [0.5, 0.6) is 5.75 Å². The first-order valence-corrected chi connectivity index (χ1v) is 6.72. The predicted molar refractivity (Wildman–Crippen MR) is 78.0 cm³/mol. The van der Waals surface area contributed by atoms with Crippen molar-refractivity contribution in [3.05, 3.63) is 65.7 Å². The van der Waals surface area contributed by atoms with E-state index in [-0.39, 0.29) is 0 Å². The molecule has 104 valence electrons. The van der Waals surface area contributed by atoms with Gasteiger partial charge in [0, 0.05) is 6.42 Å². The monoisotopic (exact) mass is 270 g/mol. The third-order valence-corrected chi connectivity index (χ3v) is 3.20. The molecule has 1 N–H and O–H groups in total. The van der Waals surface area contributed by atoms with E-state index in [4.69, 9.17) is 4.74 Å². The minimum absolute atomic E-state index is 0.369. The van der Waals surface area contributed by atoms with Crippen molar-refractivity contribution >= 4 is 5.97 Å². The molecule has 0 unspecified atom stereocenters. The highest BCUT2D eigenvalue weighted by atomic mass is 16.5. The number of hydrogen-bond acceptors (Lipinski definition) is 2. The lowest BCUT2D eigenvalue weighted by Crippen LogP contribution is -2.29. The second-order valence-electron chi connectivity index (χ2n) is 4.58. The van der Waals surface area contributed by atoms with E-state index in [2.05, 4.69) is 6.92 Å². The molecule has 0 bridgehead atoms. The Morgan fingerprint density at radius 3 is 2.25 bits per heavy atom. The van der Waals surface area contributed by atoms with Crippen molar-refractivity contribution in [3.63, 3.8) is 0 Å². The number of hydrogen-bond donors (Lipinski definition) is 1. The number of aliphatic carboxylic acids is 1. The number of carbonyl (C=O) groups is 1. The summed E-state index contributed by atoms with van der Waals surface area (Å²) in [4.78, 5) is 11.4. The lowest BCUT2D eigenvalue weighted by molar-refractivity contribution is -0.145. The van der Waals surface area contributed by atoms with Crippen LogP contribution in [0.4, 0.5) is 0 Å². The van der Waals surface area contributed by atoms with Crippen molar-refractivity contribution in [2.75, 3.05) is 0 Å². The standard InChI is InChI=1S/C17H18O3/c1-2-13-8-6-7-9-14(13)12-16(17(18)19)20-15-10-4-3-5-11-15/h3-11,16H,2,12H2,1H3,(H,18,19)/t16-/m0/s1. The predicted octanol–water partition coefficient (Wildman–Crippen LogP) is 3.32. The van der Waals surface area contributed by atoms with Crippen LogP contribution in [0.3, 0.4) is 0 Å². The van der Waals surface area contributed by atoms with Crippen LogP contribution in [-0.4, -0.2) is 17.2 Å². The largest absolute Gasteiger partial charge is 0.478 e. The molecule has 0 saturated carbocycles. The molecule has 0 saturated heterocycles. The fourth-order valence-corrected chi connectivity index (χ4v) is 2.14. The van der Waals surface area contributed by atoms with Crippen LogP contribution in [0.25, 0.3) is 0 Å². The highest BCUT2D eigenvalue weighted by Gasteiger charge is 2.21. The Morgan fingerprint density at radius 1 is 1.05 bits per heavy atom.